The molecule has 6 nitrogen and oxygen atoms in total. The summed E-state index contributed by atoms with van der Waals surface area (Å²) in [5.74, 6) is 0.281. The molecule has 2 heterocycles. The Morgan fingerprint density at radius 3 is 2.42 bits per heavy atom. The van der Waals surface area contributed by atoms with E-state index in [4.69, 9.17) is 0 Å². The molecule has 0 saturated carbocycles. The van der Waals surface area contributed by atoms with Gasteiger partial charge in [-0.1, -0.05) is 66.4 Å². The standard InChI is InChI=1S/C23H23N3O3S2/c27-23(18-30-22-11-10-20-8-4-5-9-21(20)24-22)25-13-15-26(16-14-25)31(28,29)17-12-19-6-2-1-3-7-19/h1-12,17H,13-16,18H2/b17-12+. The lowest BCUT2D eigenvalue weighted by Crippen LogP contribution is -2.50. The Balaban J connectivity index is 1.29. The zero-order chi connectivity index (χ0) is 21.7. The number of hydrogen-bond donors (Lipinski definition) is 0. The predicted molar refractivity (Wildman–Crippen MR) is 125 cm³/mol. The number of aromatic nitrogens is 1. The number of thioether (sulfide) groups is 1. The second-order valence-corrected chi connectivity index (χ2v) is 9.98. The van der Waals surface area contributed by atoms with Crippen LogP contribution in [0.5, 0.6) is 0 Å². The molecule has 0 atom stereocenters. The van der Waals surface area contributed by atoms with Crippen molar-refractivity contribution in [3.05, 3.63) is 77.7 Å². The van der Waals surface area contributed by atoms with Gasteiger partial charge in [0.25, 0.3) is 0 Å². The molecular weight excluding hydrogens is 430 g/mol. The fourth-order valence-corrected chi connectivity index (χ4v) is 5.32. The molecule has 160 valence electrons. The maximum absolute atomic E-state index is 12.6. The highest BCUT2D eigenvalue weighted by Crippen LogP contribution is 2.21. The molecule has 1 aliphatic rings. The van der Waals surface area contributed by atoms with E-state index in [0.717, 1.165) is 21.5 Å². The van der Waals surface area contributed by atoms with Crippen LogP contribution in [-0.4, -0.2) is 60.4 Å². The molecule has 0 N–H and O–H groups in total. The number of rotatable bonds is 6. The van der Waals surface area contributed by atoms with E-state index >= 15 is 0 Å². The van der Waals surface area contributed by atoms with Crippen molar-refractivity contribution in [2.24, 2.45) is 0 Å². The van der Waals surface area contributed by atoms with Crippen LogP contribution in [0.1, 0.15) is 5.56 Å². The van der Waals surface area contributed by atoms with Crippen LogP contribution in [0.15, 0.2) is 77.2 Å². The van der Waals surface area contributed by atoms with Crippen molar-refractivity contribution in [3.8, 4) is 0 Å². The molecule has 0 aliphatic carbocycles. The van der Waals surface area contributed by atoms with Crippen LogP contribution in [0.2, 0.25) is 0 Å². The van der Waals surface area contributed by atoms with Crippen molar-refractivity contribution >= 4 is 44.7 Å². The van der Waals surface area contributed by atoms with Crippen LogP contribution in [0, 0.1) is 0 Å². The van der Waals surface area contributed by atoms with Crippen LogP contribution < -0.4 is 0 Å². The molecule has 0 spiro atoms. The number of hydrogen-bond acceptors (Lipinski definition) is 5. The lowest BCUT2D eigenvalue weighted by Gasteiger charge is -2.33. The van der Waals surface area contributed by atoms with Crippen molar-refractivity contribution in [3.63, 3.8) is 0 Å². The second-order valence-electron chi connectivity index (χ2n) is 7.17. The van der Waals surface area contributed by atoms with Gasteiger partial charge in [-0.15, -0.1) is 0 Å². The number of carbonyl (C=O) groups excluding carboxylic acids is 1. The van der Waals surface area contributed by atoms with E-state index in [1.807, 2.05) is 66.7 Å². The van der Waals surface area contributed by atoms with Crippen LogP contribution in [0.4, 0.5) is 0 Å². The van der Waals surface area contributed by atoms with Gasteiger partial charge >= 0.3 is 0 Å². The number of pyridine rings is 1. The minimum atomic E-state index is -3.51. The summed E-state index contributed by atoms with van der Waals surface area (Å²) in [4.78, 5) is 18.9. The van der Waals surface area contributed by atoms with Gasteiger partial charge in [-0.05, 0) is 23.8 Å². The Bertz CT molecular complexity index is 1190. The second kappa shape index (κ2) is 9.64. The third-order valence-corrected chi connectivity index (χ3v) is 7.58. The molecule has 1 saturated heterocycles. The lowest BCUT2D eigenvalue weighted by molar-refractivity contribution is -0.129. The molecule has 0 unspecified atom stereocenters. The molecule has 4 rings (SSSR count). The zero-order valence-electron chi connectivity index (χ0n) is 16.9. The first-order chi connectivity index (χ1) is 15.0. The molecule has 3 aromatic rings. The van der Waals surface area contributed by atoms with Gasteiger partial charge in [0.2, 0.25) is 15.9 Å². The van der Waals surface area contributed by atoms with Gasteiger partial charge < -0.3 is 4.90 Å². The van der Waals surface area contributed by atoms with Gasteiger partial charge in [-0.25, -0.2) is 13.4 Å². The summed E-state index contributed by atoms with van der Waals surface area (Å²) >= 11 is 1.40. The number of sulfonamides is 1. The van der Waals surface area contributed by atoms with E-state index < -0.39 is 10.0 Å². The average Bonchev–Trinajstić information content (AvgIpc) is 2.82. The number of para-hydroxylation sites is 1. The fourth-order valence-electron chi connectivity index (χ4n) is 3.36. The topological polar surface area (TPSA) is 70.6 Å². The first-order valence-corrected chi connectivity index (χ1v) is 12.5. The SMILES string of the molecule is O=C(CSc1ccc2ccccc2n1)N1CCN(S(=O)(=O)/C=C/c2ccccc2)CC1. The molecular formula is C23H23N3O3S2. The van der Waals surface area contributed by atoms with E-state index in [0.29, 0.717) is 26.2 Å². The summed E-state index contributed by atoms with van der Waals surface area (Å²) in [5, 5.41) is 3.11. The number of piperazine rings is 1. The molecule has 1 fully saturated rings. The Hall–Kier alpha value is -2.68. The fraction of sp³-hybridized carbons (Fsp3) is 0.217. The summed E-state index contributed by atoms with van der Waals surface area (Å²) in [7, 11) is -3.51. The molecule has 8 heteroatoms. The molecule has 31 heavy (non-hydrogen) atoms. The first kappa shape index (κ1) is 21.5. The highest BCUT2D eigenvalue weighted by molar-refractivity contribution is 7.99. The summed E-state index contributed by atoms with van der Waals surface area (Å²) in [6, 6.07) is 21.1. The van der Waals surface area contributed by atoms with E-state index in [1.165, 1.54) is 21.5 Å². The maximum atomic E-state index is 12.6. The van der Waals surface area contributed by atoms with Gasteiger partial charge in [0, 0.05) is 37.0 Å². The summed E-state index contributed by atoms with van der Waals surface area (Å²) in [6.45, 7) is 1.38. The van der Waals surface area contributed by atoms with Crippen molar-refractivity contribution in [1.82, 2.24) is 14.2 Å². The Morgan fingerprint density at radius 2 is 1.65 bits per heavy atom. The van der Waals surface area contributed by atoms with Crippen LogP contribution >= 0.6 is 11.8 Å². The highest BCUT2D eigenvalue weighted by atomic mass is 32.2. The minimum Gasteiger partial charge on any atom is -0.339 e. The first-order valence-electron chi connectivity index (χ1n) is 10.0. The molecule has 2 aromatic carbocycles. The monoisotopic (exact) mass is 453 g/mol. The third kappa shape index (κ3) is 5.52. The van der Waals surface area contributed by atoms with Gasteiger partial charge in [0.1, 0.15) is 0 Å². The summed E-state index contributed by atoms with van der Waals surface area (Å²) in [5.41, 5.74) is 1.74. The van der Waals surface area contributed by atoms with Gasteiger partial charge in [-0.2, -0.15) is 4.31 Å². The van der Waals surface area contributed by atoms with Crippen molar-refractivity contribution in [2.75, 3.05) is 31.9 Å². The van der Waals surface area contributed by atoms with Crippen molar-refractivity contribution in [2.45, 2.75) is 5.03 Å². The lowest BCUT2D eigenvalue weighted by atomic mass is 10.2. The largest absolute Gasteiger partial charge is 0.339 e. The molecule has 1 aliphatic heterocycles. The molecule has 1 aromatic heterocycles. The molecule has 0 radical (unpaired) electrons. The normalized spacial score (nSPS) is 15.5. The van der Waals surface area contributed by atoms with E-state index in [1.54, 1.807) is 11.0 Å². The minimum absolute atomic E-state index is 0.00293. The Morgan fingerprint density at radius 1 is 0.935 bits per heavy atom. The number of fused-ring (bicyclic) bond motifs is 1. The molecule has 1 amide bonds. The smallest absolute Gasteiger partial charge is 0.236 e. The van der Waals surface area contributed by atoms with E-state index in [2.05, 4.69) is 4.98 Å². The number of carbonyl (C=O) groups is 1. The van der Waals surface area contributed by atoms with Crippen molar-refractivity contribution < 1.29 is 13.2 Å². The number of nitrogens with zero attached hydrogens (tertiary/aromatic N) is 3. The van der Waals surface area contributed by atoms with Gasteiger partial charge in [-0.3, -0.25) is 4.79 Å². The van der Waals surface area contributed by atoms with Crippen molar-refractivity contribution in [1.29, 1.82) is 0 Å². The quantitative estimate of drug-likeness (QED) is 0.535. The van der Waals surface area contributed by atoms with Crippen LogP contribution in [0.3, 0.4) is 0 Å². The Labute approximate surface area is 186 Å². The Kier molecular flexibility index (Phi) is 6.70. The predicted octanol–water partition coefficient (Wildman–Crippen LogP) is 3.47. The van der Waals surface area contributed by atoms with Gasteiger partial charge in [0.05, 0.1) is 16.3 Å². The third-order valence-electron chi connectivity index (χ3n) is 5.10. The number of benzene rings is 2. The zero-order valence-corrected chi connectivity index (χ0v) is 18.6. The molecule has 0 bridgehead atoms. The maximum Gasteiger partial charge on any atom is 0.236 e. The summed E-state index contributed by atoms with van der Waals surface area (Å²) in [6.07, 6.45) is 1.60. The number of amides is 1. The summed E-state index contributed by atoms with van der Waals surface area (Å²) < 4.78 is 26.6. The van der Waals surface area contributed by atoms with Crippen LogP contribution in [0.25, 0.3) is 17.0 Å². The van der Waals surface area contributed by atoms with E-state index in [9.17, 15) is 13.2 Å². The average molecular weight is 454 g/mol. The highest BCUT2D eigenvalue weighted by Gasteiger charge is 2.27. The van der Waals surface area contributed by atoms with E-state index in [-0.39, 0.29) is 11.7 Å². The van der Waals surface area contributed by atoms with Crippen LogP contribution in [-0.2, 0) is 14.8 Å². The van der Waals surface area contributed by atoms with Gasteiger partial charge in [0.15, 0.2) is 0 Å².